The minimum atomic E-state index is -0.0770. The van der Waals surface area contributed by atoms with Crippen LogP contribution in [0.3, 0.4) is 0 Å². The number of hydrogen-bond acceptors (Lipinski definition) is 3. The maximum atomic E-state index is 11.5. The molecule has 1 aliphatic heterocycles. The highest BCUT2D eigenvalue weighted by Gasteiger charge is 2.23. The van der Waals surface area contributed by atoms with Gasteiger partial charge in [-0.2, -0.15) is 5.10 Å². The van der Waals surface area contributed by atoms with E-state index in [0.717, 1.165) is 0 Å². The molecule has 5 heteroatoms. The predicted octanol–water partition coefficient (Wildman–Crippen LogP) is -0.219. The van der Waals surface area contributed by atoms with E-state index in [1.54, 1.807) is 16.6 Å². The van der Waals surface area contributed by atoms with Crippen LogP contribution in [0.2, 0.25) is 0 Å². The summed E-state index contributed by atoms with van der Waals surface area (Å²) in [6.07, 6.45) is 0.651. The number of amides is 1. The van der Waals surface area contributed by atoms with Gasteiger partial charge in [-0.1, -0.05) is 0 Å². The Morgan fingerprint density at radius 1 is 1.54 bits per heavy atom. The summed E-state index contributed by atoms with van der Waals surface area (Å²) in [5, 5.41) is 3.96. The molecule has 2 heterocycles. The number of hydrogen-bond donors (Lipinski definition) is 0. The molecule has 0 saturated heterocycles. The van der Waals surface area contributed by atoms with Crippen LogP contribution in [0, 0.1) is 0 Å². The first kappa shape index (κ1) is 7.97. The lowest BCUT2D eigenvalue weighted by atomic mass is 10.3. The summed E-state index contributed by atoms with van der Waals surface area (Å²) in [6.45, 7) is 1.30. The number of aldehydes is 1. The third kappa shape index (κ3) is 1.12. The standard InChI is InChI=1S/C8H9N3O2/c1-10-2-3-11-7(8(10)13)4-6(5-12)9-11/h4-5H,2-3H2,1H3. The fourth-order valence-electron chi connectivity index (χ4n) is 1.38. The van der Waals surface area contributed by atoms with Crippen molar-refractivity contribution in [3.63, 3.8) is 0 Å². The summed E-state index contributed by atoms with van der Waals surface area (Å²) in [6, 6.07) is 1.52. The molecule has 1 aliphatic rings. The van der Waals surface area contributed by atoms with Gasteiger partial charge in [-0.05, 0) is 6.07 Å². The lowest BCUT2D eigenvalue weighted by Crippen LogP contribution is -2.37. The molecule has 0 saturated carbocycles. The summed E-state index contributed by atoms with van der Waals surface area (Å²) in [4.78, 5) is 23.5. The second-order valence-corrected chi connectivity index (χ2v) is 3.02. The molecule has 13 heavy (non-hydrogen) atoms. The van der Waals surface area contributed by atoms with E-state index >= 15 is 0 Å². The molecule has 1 aromatic heterocycles. The zero-order valence-corrected chi connectivity index (χ0v) is 7.23. The van der Waals surface area contributed by atoms with Crippen molar-refractivity contribution in [3.05, 3.63) is 17.5 Å². The van der Waals surface area contributed by atoms with Gasteiger partial charge in [-0.3, -0.25) is 14.3 Å². The van der Waals surface area contributed by atoms with E-state index in [2.05, 4.69) is 5.10 Å². The topological polar surface area (TPSA) is 55.2 Å². The molecule has 0 bridgehead atoms. The van der Waals surface area contributed by atoms with Crippen LogP contribution in [0.1, 0.15) is 21.0 Å². The molecule has 2 rings (SSSR count). The third-order valence-electron chi connectivity index (χ3n) is 2.13. The quantitative estimate of drug-likeness (QED) is 0.560. The Morgan fingerprint density at radius 3 is 3.00 bits per heavy atom. The number of fused-ring (bicyclic) bond motifs is 1. The molecule has 0 N–H and O–H groups in total. The van der Waals surface area contributed by atoms with E-state index in [4.69, 9.17) is 0 Å². The fourth-order valence-corrected chi connectivity index (χ4v) is 1.38. The van der Waals surface area contributed by atoms with Gasteiger partial charge in [-0.15, -0.1) is 0 Å². The average Bonchev–Trinajstić information content (AvgIpc) is 2.55. The lowest BCUT2D eigenvalue weighted by molar-refractivity contribution is 0.0742. The van der Waals surface area contributed by atoms with Crippen LogP contribution in [-0.4, -0.2) is 40.5 Å². The molecule has 0 spiro atoms. The van der Waals surface area contributed by atoms with Gasteiger partial charge in [0.15, 0.2) is 6.29 Å². The monoisotopic (exact) mass is 179 g/mol. The Balaban J connectivity index is 2.47. The first-order valence-electron chi connectivity index (χ1n) is 4.01. The molecule has 0 radical (unpaired) electrons. The van der Waals surface area contributed by atoms with Gasteiger partial charge in [-0.25, -0.2) is 0 Å². The van der Waals surface area contributed by atoms with Gasteiger partial charge in [0, 0.05) is 13.6 Å². The largest absolute Gasteiger partial charge is 0.339 e. The van der Waals surface area contributed by atoms with Gasteiger partial charge in [0.1, 0.15) is 11.4 Å². The SMILES string of the molecule is CN1CCn2nc(C=O)cc2C1=O. The molecule has 1 aromatic rings. The summed E-state index contributed by atoms with van der Waals surface area (Å²) >= 11 is 0. The van der Waals surface area contributed by atoms with Crippen LogP contribution in [0.4, 0.5) is 0 Å². The number of aromatic nitrogens is 2. The summed E-state index contributed by atoms with van der Waals surface area (Å²) < 4.78 is 1.58. The molecule has 0 unspecified atom stereocenters. The minimum absolute atomic E-state index is 0.0770. The number of likely N-dealkylation sites (N-methyl/N-ethyl adjacent to an activating group) is 1. The normalized spacial score (nSPS) is 15.8. The predicted molar refractivity (Wildman–Crippen MR) is 44.6 cm³/mol. The van der Waals surface area contributed by atoms with Crippen molar-refractivity contribution in [2.75, 3.05) is 13.6 Å². The second-order valence-electron chi connectivity index (χ2n) is 3.02. The zero-order chi connectivity index (χ0) is 9.42. The van der Waals surface area contributed by atoms with Crippen LogP contribution in [0.15, 0.2) is 6.07 Å². The van der Waals surface area contributed by atoms with Gasteiger partial charge in [0.25, 0.3) is 5.91 Å². The third-order valence-corrected chi connectivity index (χ3v) is 2.13. The van der Waals surface area contributed by atoms with Crippen molar-refractivity contribution in [1.82, 2.24) is 14.7 Å². The number of carbonyl (C=O) groups is 2. The molecule has 0 aromatic carbocycles. The summed E-state index contributed by atoms with van der Waals surface area (Å²) in [7, 11) is 1.74. The first-order chi connectivity index (χ1) is 6.22. The van der Waals surface area contributed by atoms with Crippen LogP contribution in [0.25, 0.3) is 0 Å². The molecule has 1 amide bonds. The molecule has 0 atom stereocenters. The zero-order valence-electron chi connectivity index (χ0n) is 7.23. The Bertz CT molecular complexity index is 369. The van der Waals surface area contributed by atoms with Gasteiger partial charge >= 0.3 is 0 Å². The van der Waals surface area contributed by atoms with Gasteiger partial charge < -0.3 is 4.90 Å². The second kappa shape index (κ2) is 2.69. The molecule has 5 nitrogen and oxygen atoms in total. The van der Waals surface area contributed by atoms with E-state index < -0.39 is 0 Å². The average molecular weight is 179 g/mol. The highest BCUT2D eigenvalue weighted by atomic mass is 16.2. The highest BCUT2D eigenvalue weighted by Crippen LogP contribution is 2.10. The van der Waals surface area contributed by atoms with Crippen molar-refractivity contribution in [2.45, 2.75) is 6.54 Å². The first-order valence-corrected chi connectivity index (χ1v) is 4.01. The number of carbonyl (C=O) groups excluding carboxylic acids is 2. The molecular formula is C8H9N3O2. The number of nitrogens with zero attached hydrogens (tertiary/aromatic N) is 3. The molecule has 0 fully saturated rings. The van der Waals surface area contributed by atoms with Crippen molar-refractivity contribution < 1.29 is 9.59 Å². The molecule has 0 aliphatic carbocycles. The van der Waals surface area contributed by atoms with E-state index in [-0.39, 0.29) is 5.91 Å². The van der Waals surface area contributed by atoms with Crippen molar-refractivity contribution in [2.24, 2.45) is 0 Å². The van der Waals surface area contributed by atoms with E-state index in [9.17, 15) is 9.59 Å². The fraction of sp³-hybridized carbons (Fsp3) is 0.375. The van der Waals surface area contributed by atoms with Crippen LogP contribution in [-0.2, 0) is 6.54 Å². The minimum Gasteiger partial charge on any atom is -0.339 e. The summed E-state index contributed by atoms with van der Waals surface area (Å²) in [5.74, 6) is -0.0770. The van der Waals surface area contributed by atoms with E-state index in [1.165, 1.54) is 6.07 Å². The maximum Gasteiger partial charge on any atom is 0.271 e. The molecular weight excluding hydrogens is 170 g/mol. The summed E-state index contributed by atoms with van der Waals surface area (Å²) in [5.41, 5.74) is 0.814. The van der Waals surface area contributed by atoms with E-state index in [1.807, 2.05) is 0 Å². The van der Waals surface area contributed by atoms with Crippen LogP contribution in [0.5, 0.6) is 0 Å². The smallest absolute Gasteiger partial charge is 0.271 e. The van der Waals surface area contributed by atoms with Gasteiger partial charge in [0.2, 0.25) is 0 Å². The lowest BCUT2D eigenvalue weighted by Gasteiger charge is -2.22. The van der Waals surface area contributed by atoms with E-state index in [0.29, 0.717) is 30.8 Å². The van der Waals surface area contributed by atoms with Crippen LogP contribution < -0.4 is 0 Å². The van der Waals surface area contributed by atoms with Crippen molar-refractivity contribution in [1.29, 1.82) is 0 Å². The Kier molecular flexibility index (Phi) is 1.65. The van der Waals surface area contributed by atoms with Crippen molar-refractivity contribution in [3.8, 4) is 0 Å². The maximum absolute atomic E-state index is 11.5. The highest BCUT2D eigenvalue weighted by molar-refractivity contribution is 5.94. The van der Waals surface area contributed by atoms with Crippen molar-refractivity contribution >= 4 is 12.2 Å². The van der Waals surface area contributed by atoms with Crippen LogP contribution >= 0.6 is 0 Å². The Labute approximate surface area is 74.9 Å². The Morgan fingerprint density at radius 2 is 2.31 bits per heavy atom. The number of rotatable bonds is 1. The van der Waals surface area contributed by atoms with Gasteiger partial charge in [0.05, 0.1) is 6.54 Å². The molecule has 68 valence electrons. The Hall–Kier alpha value is -1.65.